The van der Waals surface area contributed by atoms with Crippen molar-refractivity contribution >= 4 is 23.1 Å². The number of rotatable bonds is 6. The molecule has 0 aliphatic rings. The third-order valence-corrected chi connectivity index (χ3v) is 4.58. The molecule has 0 saturated heterocycles. The second-order valence-corrected chi connectivity index (χ2v) is 6.66. The van der Waals surface area contributed by atoms with Crippen LogP contribution in [0.15, 0.2) is 6.20 Å². The van der Waals surface area contributed by atoms with Crippen LogP contribution in [-0.4, -0.2) is 34.5 Å². The highest BCUT2D eigenvalue weighted by molar-refractivity contribution is 7.11. The number of thiazole rings is 1. The summed E-state index contributed by atoms with van der Waals surface area (Å²) < 4.78 is 6.90. The van der Waals surface area contributed by atoms with Gasteiger partial charge in [0.25, 0.3) is 0 Å². The number of hydrogen-bond donors (Lipinski definition) is 2. The minimum absolute atomic E-state index is 0.141. The molecule has 2 heterocycles. The molecule has 126 valence electrons. The standard InChI is InChI=1S/C15H23N5O2S/c1-9-8-16-14(23-9)11(3)17-15(21)18-13-10(2)19-20(12(13)4)6-7-22-5/h8,11H,6-7H2,1-5H3,(H2,17,18,21). The van der Waals surface area contributed by atoms with E-state index in [1.54, 1.807) is 18.4 Å². The van der Waals surface area contributed by atoms with E-state index in [-0.39, 0.29) is 12.1 Å². The van der Waals surface area contributed by atoms with Gasteiger partial charge in [0.15, 0.2) is 0 Å². The average molecular weight is 337 g/mol. The smallest absolute Gasteiger partial charge is 0.319 e. The fraction of sp³-hybridized carbons (Fsp3) is 0.533. The highest BCUT2D eigenvalue weighted by atomic mass is 32.1. The van der Waals surface area contributed by atoms with E-state index in [9.17, 15) is 4.79 Å². The quantitative estimate of drug-likeness (QED) is 0.849. The first-order chi connectivity index (χ1) is 10.9. The molecule has 0 saturated carbocycles. The number of nitrogens with one attached hydrogen (secondary N) is 2. The fourth-order valence-corrected chi connectivity index (χ4v) is 3.03. The van der Waals surface area contributed by atoms with Gasteiger partial charge in [0.1, 0.15) is 5.01 Å². The first-order valence-electron chi connectivity index (χ1n) is 7.45. The van der Waals surface area contributed by atoms with E-state index in [1.165, 1.54) is 0 Å². The number of ether oxygens (including phenoxy) is 1. The normalized spacial score (nSPS) is 12.2. The Morgan fingerprint density at radius 3 is 2.78 bits per heavy atom. The van der Waals surface area contributed by atoms with Gasteiger partial charge >= 0.3 is 6.03 Å². The van der Waals surface area contributed by atoms with Crippen molar-refractivity contribution in [3.63, 3.8) is 0 Å². The molecule has 0 radical (unpaired) electrons. The zero-order chi connectivity index (χ0) is 17.0. The highest BCUT2D eigenvalue weighted by Gasteiger charge is 2.17. The maximum atomic E-state index is 12.2. The first-order valence-corrected chi connectivity index (χ1v) is 8.26. The number of aryl methyl sites for hydroxylation is 2. The summed E-state index contributed by atoms with van der Waals surface area (Å²) in [5.74, 6) is 0. The lowest BCUT2D eigenvalue weighted by atomic mass is 10.3. The highest BCUT2D eigenvalue weighted by Crippen LogP contribution is 2.21. The molecule has 7 nitrogen and oxygen atoms in total. The summed E-state index contributed by atoms with van der Waals surface area (Å²) in [4.78, 5) is 17.6. The number of methoxy groups -OCH3 is 1. The molecule has 0 aromatic carbocycles. The van der Waals surface area contributed by atoms with Gasteiger partial charge in [-0.3, -0.25) is 4.68 Å². The molecule has 2 N–H and O–H groups in total. The van der Waals surface area contributed by atoms with Gasteiger partial charge in [0, 0.05) is 18.2 Å². The van der Waals surface area contributed by atoms with Crippen molar-refractivity contribution in [1.82, 2.24) is 20.1 Å². The summed E-state index contributed by atoms with van der Waals surface area (Å²) in [5.41, 5.74) is 2.43. The van der Waals surface area contributed by atoms with Crippen LogP contribution in [0.2, 0.25) is 0 Å². The van der Waals surface area contributed by atoms with Gasteiger partial charge in [-0.05, 0) is 27.7 Å². The van der Waals surface area contributed by atoms with Crippen molar-refractivity contribution in [1.29, 1.82) is 0 Å². The lowest BCUT2D eigenvalue weighted by Gasteiger charge is -2.12. The SMILES string of the molecule is COCCn1nc(C)c(NC(=O)NC(C)c2ncc(C)s2)c1C. The molecule has 0 bridgehead atoms. The lowest BCUT2D eigenvalue weighted by Crippen LogP contribution is -2.31. The molecular weight excluding hydrogens is 314 g/mol. The first kappa shape index (κ1) is 17.4. The van der Waals surface area contributed by atoms with Crippen LogP contribution < -0.4 is 10.6 Å². The van der Waals surface area contributed by atoms with Crippen LogP contribution in [0.25, 0.3) is 0 Å². The second-order valence-electron chi connectivity index (χ2n) is 5.39. The van der Waals surface area contributed by atoms with E-state index in [0.717, 1.165) is 27.0 Å². The molecular formula is C15H23N5O2S. The number of aromatic nitrogens is 3. The van der Waals surface area contributed by atoms with E-state index in [1.807, 2.05) is 38.6 Å². The summed E-state index contributed by atoms with van der Waals surface area (Å²) in [6.45, 7) is 8.95. The van der Waals surface area contributed by atoms with E-state index < -0.39 is 0 Å². The molecule has 1 atom stereocenters. The molecule has 8 heteroatoms. The van der Waals surface area contributed by atoms with Gasteiger partial charge in [-0.1, -0.05) is 0 Å². The molecule has 2 rings (SSSR count). The molecule has 0 fully saturated rings. The molecule has 0 aliphatic heterocycles. The maximum absolute atomic E-state index is 12.2. The molecule has 1 unspecified atom stereocenters. The third kappa shape index (κ3) is 4.29. The zero-order valence-corrected chi connectivity index (χ0v) is 15.0. The van der Waals surface area contributed by atoms with Crippen molar-refractivity contribution in [3.05, 3.63) is 27.5 Å². The van der Waals surface area contributed by atoms with Gasteiger partial charge in [0.2, 0.25) is 0 Å². The maximum Gasteiger partial charge on any atom is 0.319 e. The Balaban J connectivity index is 2.01. The van der Waals surface area contributed by atoms with Gasteiger partial charge in [-0.2, -0.15) is 5.10 Å². The molecule has 2 amide bonds. The third-order valence-electron chi connectivity index (χ3n) is 3.48. The van der Waals surface area contributed by atoms with Crippen LogP contribution in [0.1, 0.15) is 34.2 Å². The largest absolute Gasteiger partial charge is 0.383 e. The predicted octanol–water partition coefficient (Wildman–Crippen LogP) is 2.79. The van der Waals surface area contributed by atoms with Crippen LogP contribution in [0.3, 0.4) is 0 Å². The molecule has 0 aliphatic carbocycles. The molecule has 2 aromatic rings. The minimum atomic E-state index is -0.261. The van der Waals surface area contributed by atoms with Gasteiger partial charge in [-0.25, -0.2) is 9.78 Å². The van der Waals surface area contributed by atoms with Crippen LogP contribution in [0.4, 0.5) is 10.5 Å². The summed E-state index contributed by atoms with van der Waals surface area (Å²) >= 11 is 1.58. The lowest BCUT2D eigenvalue weighted by molar-refractivity contribution is 0.182. The zero-order valence-electron chi connectivity index (χ0n) is 14.1. The Bertz CT molecular complexity index is 679. The second kappa shape index (κ2) is 7.56. The van der Waals surface area contributed by atoms with Crippen LogP contribution in [0, 0.1) is 20.8 Å². The summed E-state index contributed by atoms with van der Waals surface area (Å²) in [7, 11) is 1.65. The average Bonchev–Trinajstić information content (AvgIpc) is 3.04. The number of carbonyl (C=O) groups excluding carboxylic acids is 1. The Morgan fingerprint density at radius 1 is 1.43 bits per heavy atom. The number of nitrogens with zero attached hydrogens (tertiary/aromatic N) is 3. The Hall–Kier alpha value is -1.93. The van der Waals surface area contributed by atoms with Crippen molar-refractivity contribution in [2.45, 2.75) is 40.3 Å². The number of urea groups is 1. The Kier molecular flexibility index (Phi) is 5.73. The van der Waals surface area contributed by atoms with E-state index in [4.69, 9.17) is 4.74 Å². The minimum Gasteiger partial charge on any atom is -0.383 e. The number of hydrogen-bond acceptors (Lipinski definition) is 5. The monoisotopic (exact) mass is 337 g/mol. The topological polar surface area (TPSA) is 81.1 Å². The summed E-state index contributed by atoms with van der Waals surface area (Å²) in [6.07, 6.45) is 1.81. The number of carbonyl (C=O) groups is 1. The van der Waals surface area contributed by atoms with E-state index >= 15 is 0 Å². The van der Waals surface area contributed by atoms with Crippen molar-refractivity contribution in [2.75, 3.05) is 19.0 Å². The Morgan fingerprint density at radius 2 is 2.17 bits per heavy atom. The van der Waals surface area contributed by atoms with Crippen molar-refractivity contribution < 1.29 is 9.53 Å². The number of anilines is 1. The molecule has 23 heavy (non-hydrogen) atoms. The van der Waals surface area contributed by atoms with E-state index in [0.29, 0.717) is 13.2 Å². The van der Waals surface area contributed by atoms with Crippen LogP contribution in [-0.2, 0) is 11.3 Å². The summed E-state index contributed by atoms with van der Waals surface area (Å²) in [5, 5.41) is 11.1. The molecule has 2 aromatic heterocycles. The van der Waals surface area contributed by atoms with Crippen LogP contribution >= 0.6 is 11.3 Å². The number of amides is 2. The van der Waals surface area contributed by atoms with Crippen LogP contribution in [0.5, 0.6) is 0 Å². The van der Waals surface area contributed by atoms with Gasteiger partial charge in [0.05, 0.1) is 36.3 Å². The van der Waals surface area contributed by atoms with E-state index in [2.05, 4.69) is 20.7 Å². The van der Waals surface area contributed by atoms with Crippen molar-refractivity contribution in [2.24, 2.45) is 0 Å². The summed E-state index contributed by atoms with van der Waals surface area (Å²) in [6, 6.07) is -0.402. The van der Waals surface area contributed by atoms with Gasteiger partial charge < -0.3 is 15.4 Å². The molecule has 0 spiro atoms. The van der Waals surface area contributed by atoms with Crippen molar-refractivity contribution in [3.8, 4) is 0 Å². The Labute approximate surface area is 140 Å². The fourth-order valence-electron chi connectivity index (χ4n) is 2.25. The van der Waals surface area contributed by atoms with Gasteiger partial charge in [-0.15, -0.1) is 11.3 Å². The predicted molar refractivity (Wildman–Crippen MR) is 91.0 cm³/mol.